The van der Waals surface area contributed by atoms with Crippen LogP contribution in [0.5, 0.6) is 5.75 Å². The molecule has 0 aliphatic rings. The lowest BCUT2D eigenvalue weighted by atomic mass is 10.1. The first-order valence-electron chi connectivity index (χ1n) is 7.31. The first-order chi connectivity index (χ1) is 10.9. The maximum Gasteiger partial charge on any atom is 0.269 e. The molecule has 23 heavy (non-hydrogen) atoms. The Morgan fingerprint density at radius 3 is 2.83 bits per heavy atom. The Morgan fingerprint density at radius 2 is 2.13 bits per heavy atom. The highest BCUT2D eigenvalue weighted by Gasteiger charge is 2.19. The van der Waals surface area contributed by atoms with Crippen molar-refractivity contribution in [3.05, 3.63) is 41.5 Å². The minimum Gasteiger partial charge on any atom is -0.497 e. The van der Waals surface area contributed by atoms with Crippen LogP contribution in [0.15, 0.2) is 35.8 Å². The second-order valence-electron chi connectivity index (χ2n) is 6.34. The number of benzene rings is 1. The number of hydrogen-bond acceptors (Lipinski definition) is 4. The average molecular weight is 329 g/mol. The van der Waals surface area contributed by atoms with Gasteiger partial charge in [-0.05, 0) is 32.9 Å². The van der Waals surface area contributed by atoms with E-state index < -0.39 is 0 Å². The van der Waals surface area contributed by atoms with Gasteiger partial charge in [0.1, 0.15) is 11.4 Å². The van der Waals surface area contributed by atoms with Crippen LogP contribution in [0.1, 0.15) is 31.3 Å². The summed E-state index contributed by atoms with van der Waals surface area (Å²) < 4.78 is 7.09. The van der Waals surface area contributed by atoms with E-state index in [9.17, 15) is 4.79 Å². The summed E-state index contributed by atoms with van der Waals surface area (Å²) in [5.41, 5.74) is 2.10. The first kappa shape index (κ1) is 15.6. The van der Waals surface area contributed by atoms with Crippen LogP contribution in [-0.4, -0.2) is 27.9 Å². The topological polar surface area (TPSA) is 55.6 Å². The predicted octanol–water partition coefficient (Wildman–Crippen LogP) is 3.60. The Balaban J connectivity index is 1.98. The van der Waals surface area contributed by atoms with Crippen LogP contribution < -0.4 is 10.1 Å². The minimum absolute atomic E-state index is 0.0988. The molecule has 5 nitrogen and oxygen atoms in total. The van der Waals surface area contributed by atoms with Crippen LogP contribution >= 0.6 is 11.3 Å². The third-order valence-corrected chi connectivity index (χ3v) is 4.14. The number of methoxy groups -OCH3 is 1. The lowest BCUT2D eigenvalue weighted by molar-refractivity contribution is 0.0914. The number of fused-ring (bicyclic) bond motifs is 1. The monoisotopic (exact) mass is 329 g/mol. The predicted molar refractivity (Wildman–Crippen MR) is 92.3 cm³/mol. The van der Waals surface area contributed by atoms with Gasteiger partial charge in [0.15, 0.2) is 4.96 Å². The van der Waals surface area contributed by atoms with Crippen LogP contribution in [0.3, 0.4) is 0 Å². The third-order valence-electron chi connectivity index (χ3n) is 3.30. The Hall–Kier alpha value is -2.34. The molecule has 1 N–H and O–H groups in total. The molecule has 0 saturated carbocycles. The highest BCUT2D eigenvalue weighted by molar-refractivity contribution is 7.15. The molecule has 1 aromatic carbocycles. The van der Waals surface area contributed by atoms with E-state index in [1.54, 1.807) is 7.11 Å². The fraction of sp³-hybridized carbons (Fsp3) is 0.294. The number of rotatable bonds is 3. The molecule has 0 spiro atoms. The fourth-order valence-electron chi connectivity index (χ4n) is 2.27. The van der Waals surface area contributed by atoms with Gasteiger partial charge in [-0.3, -0.25) is 9.20 Å². The lowest BCUT2D eigenvalue weighted by Gasteiger charge is -2.19. The van der Waals surface area contributed by atoms with E-state index >= 15 is 0 Å². The lowest BCUT2D eigenvalue weighted by Crippen LogP contribution is -2.41. The van der Waals surface area contributed by atoms with Crippen molar-refractivity contribution >= 4 is 22.2 Å². The van der Waals surface area contributed by atoms with E-state index in [0.717, 1.165) is 22.0 Å². The van der Waals surface area contributed by atoms with E-state index in [2.05, 4.69) is 10.3 Å². The fourth-order valence-corrected chi connectivity index (χ4v) is 3.13. The van der Waals surface area contributed by atoms with E-state index in [0.29, 0.717) is 5.69 Å². The normalized spacial score (nSPS) is 11.7. The number of carbonyl (C=O) groups is 1. The zero-order valence-corrected chi connectivity index (χ0v) is 14.4. The molecule has 6 heteroatoms. The molecule has 2 heterocycles. The van der Waals surface area contributed by atoms with E-state index in [4.69, 9.17) is 4.74 Å². The van der Waals surface area contributed by atoms with Crippen LogP contribution in [0.4, 0.5) is 0 Å². The molecular weight excluding hydrogens is 310 g/mol. The summed E-state index contributed by atoms with van der Waals surface area (Å²) in [5, 5.41) is 4.81. The van der Waals surface area contributed by atoms with Crippen molar-refractivity contribution in [2.75, 3.05) is 7.11 Å². The Kier molecular flexibility index (Phi) is 3.85. The summed E-state index contributed by atoms with van der Waals surface area (Å²) in [6, 6.07) is 7.73. The molecule has 0 aliphatic heterocycles. The Labute approximate surface area is 138 Å². The number of amides is 1. The van der Waals surface area contributed by atoms with Gasteiger partial charge in [-0.2, -0.15) is 0 Å². The molecular formula is C17H19N3O2S. The van der Waals surface area contributed by atoms with E-state index in [1.165, 1.54) is 11.3 Å². The maximum absolute atomic E-state index is 12.4. The molecule has 0 unspecified atom stereocenters. The molecule has 0 fully saturated rings. The molecule has 0 radical (unpaired) electrons. The van der Waals surface area contributed by atoms with Gasteiger partial charge in [0.25, 0.3) is 5.91 Å². The number of nitrogens with zero attached hydrogens (tertiary/aromatic N) is 2. The van der Waals surface area contributed by atoms with Crippen molar-refractivity contribution in [2.24, 2.45) is 0 Å². The van der Waals surface area contributed by atoms with Crippen LogP contribution in [0.25, 0.3) is 16.2 Å². The molecule has 0 atom stereocenters. The number of carbonyl (C=O) groups excluding carboxylic acids is 1. The summed E-state index contributed by atoms with van der Waals surface area (Å²) in [4.78, 5) is 17.8. The molecule has 3 aromatic rings. The van der Waals surface area contributed by atoms with Gasteiger partial charge in [-0.15, -0.1) is 11.3 Å². The van der Waals surface area contributed by atoms with Crippen LogP contribution in [0.2, 0.25) is 0 Å². The van der Waals surface area contributed by atoms with Crippen molar-refractivity contribution in [1.82, 2.24) is 14.7 Å². The Morgan fingerprint density at radius 1 is 1.35 bits per heavy atom. The maximum atomic E-state index is 12.4. The third kappa shape index (κ3) is 3.22. The van der Waals surface area contributed by atoms with Gasteiger partial charge < -0.3 is 10.1 Å². The summed E-state index contributed by atoms with van der Waals surface area (Å²) in [5.74, 6) is 0.683. The van der Waals surface area contributed by atoms with Gasteiger partial charge >= 0.3 is 0 Å². The molecule has 0 bridgehead atoms. The summed E-state index contributed by atoms with van der Waals surface area (Å²) >= 11 is 1.45. The van der Waals surface area contributed by atoms with Gasteiger partial charge in [0.2, 0.25) is 0 Å². The summed E-state index contributed by atoms with van der Waals surface area (Å²) in [6.45, 7) is 5.89. The molecule has 0 saturated heterocycles. The van der Waals surface area contributed by atoms with Crippen LogP contribution in [0, 0.1) is 0 Å². The number of hydrogen-bond donors (Lipinski definition) is 1. The second kappa shape index (κ2) is 5.70. The molecule has 0 aliphatic carbocycles. The molecule has 2 aromatic heterocycles. The van der Waals surface area contributed by atoms with Crippen LogP contribution in [-0.2, 0) is 0 Å². The van der Waals surface area contributed by atoms with Gasteiger partial charge in [-0.1, -0.05) is 12.1 Å². The Bertz CT molecular complexity index is 858. The molecule has 120 valence electrons. The number of aromatic nitrogens is 2. The van der Waals surface area contributed by atoms with Crippen molar-refractivity contribution in [3.8, 4) is 17.0 Å². The average Bonchev–Trinajstić information content (AvgIpc) is 3.05. The highest BCUT2D eigenvalue weighted by atomic mass is 32.1. The van der Waals surface area contributed by atoms with Crippen molar-refractivity contribution in [1.29, 1.82) is 0 Å². The highest BCUT2D eigenvalue weighted by Crippen LogP contribution is 2.26. The number of imidazole rings is 1. The second-order valence-corrected chi connectivity index (χ2v) is 7.17. The van der Waals surface area contributed by atoms with E-state index in [1.807, 2.05) is 61.0 Å². The van der Waals surface area contributed by atoms with Gasteiger partial charge in [-0.25, -0.2) is 4.98 Å². The SMILES string of the molecule is COc1cccc(-c2cn3c(C(=O)NC(C)(C)C)csc3n2)c1. The van der Waals surface area contributed by atoms with Gasteiger partial charge in [0, 0.05) is 22.7 Å². The standard InChI is InChI=1S/C17H19N3O2S/c1-17(2,3)19-15(21)14-10-23-16-18-13(9-20(14)16)11-6-5-7-12(8-11)22-4/h5-10H,1-4H3,(H,19,21). The van der Waals surface area contributed by atoms with Crippen molar-refractivity contribution < 1.29 is 9.53 Å². The summed E-state index contributed by atoms with van der Waals surface area (Å²) in [7, 11) is 1.64. The number of nitrogens with one attached hydrogen (secondary N) is 1. The smallest absolute Gasteiger partial charge is 0.269 e. The molecule has 3 rings (SSSR count). The first-order valence-corrected chi connectivity index (χ1v) is 8.19. The quantitative estimate of drug-likeness (QED) is 0.799. The zero-order valence-electron chi connectivity index (χ0n) is 13.6. The number of thiazole rings is 1. The minimum atomic E-state index is -0.276. The van der Waals surface area contributed by atoms with Gasteiger partial charge in [0.05, 0.1) is 12.8 Å². The van der Waals surface area contributed by atoms with Crippen molar-refractivity contribution in [3.63, 3.8) is 0 Å². The number of ether oxygens (including phenoxy) is 1. The van der Waals surface area contributed by atoms with Crippen molar-refractivity contribution in [2.45, 2.75) is 26.3 Å². The zero-order chi connectivity index (χ0) is 16.6. The van der Waals surface area contributed by atoms with E-state index in [-0.39, 0.29) is 11.4 Å². The molecule has 1 amide bonds. The summed E-state index contributed by atoms with van der Waals surface area (Å²) in [6.07, 6.45) is 1.89. The largest absolute Gasteiger partial charge is 0.497 e.